The lowest BCUT2D eigenvalue weighted by Crippen LogP contribution is -2.30. The van der Waals surface area contributed by atoms with Crippen molar-refractivity contribution in [3.63, 3.8) is 0 Å². The van der Waals surface area contributed by atoms with Gasteiger partial charge in [-0.05, 0) is 34.4 Å². The van der Waals surface area contributed by atoms with Crippen LogP contribution >= 0.6 is 0 Å². The normalized spacial score (nSPS) is 10.9. The van der Waals surface area contributed by atoms with Crippen LogP contribution in [0.4, 0.5) is 0 Å². The van der Waals surface area contributed by atoms with Crippen LogP contribution in [-0.4, -0.2) is 40.9 Å². The number of tetrazole rings is 1. The van der Waals surface area contributed by atoms with Crippen LogP contribution in [0.5, 0.6) is 0 Å². The lowest BCUT2D eigenvalue weighted by atomic mass is 10.0. The van der Waals surface area contributed by atoms with Gasteiger partial charge in [-0.2, -0.15) is 5.21 Å². The van der Waals surface area contributed by atoms with Gasteiger partial charge < -0.3 is 0 Å². The maximum Gasteiger partial charge on any atom is 0.353 e. The van der Waals surface area contributed by atoms with Gasteiger partial charge in [0, 0.05) is 18.4 Å². The van der Waals surface area contributed by atoms with E-state index < -0.39 is 5.69 Å². The number of aryl methyl sites for hydroxylation is 1. The number of aromatic amines is 1. The van der Waals surface area contributed by atoms with Crippen LogP contribution in [0, 0.1) is 0 Å². The summed E-state index contributed by atoms with van der Waals surface area (Å²) in [5.74, 6) is 0.799. The standard InChI is InChI=1S/C23H23N7O2/c1-3-5-9-20-26-30(21(31)4-2)23(32)29(20)15-16-10-12-17(13-11-16)18-7-6-8-19(14-18)22-24-27-28-25-22/h3,6-8,10-14H,1,4-5,9,15H2,2H3,(H,24,25,27,28). The quantitative estimate of drug-likeness (QED) is 0.431. The smallest absolute Gasteiger partial charge is 0.274 e. The average Bonchev–Trinajstić information content (AvgIpc) is 3.47. The van der Waals surface area contributed by atoms with Crippen molar-refractivity contribution in [3.8, 4) is 22.5 Å². The molecule has 0 amide bonds. The summed E-state index contributed by atoms with van der Waals surface area (Å²) in [4.78, 5) is 24.9. The van der Waals surface area contributed by atoms with Crippen LogP contribution < -0.4 is 5.69 Å². The lowest BCUT2D eigenvalue weighted by Gasteiger charge is -2.08. The third-order valence-corrected chi connectivity index (χ3v) is 5.14. The average molecular weight is 429 g/mol. The second-order valence-corrected chi connectivity index (χ2v) is 7.28. The number of carbonyl (C=O) groups is 1. The van der Waals surface area contributed by atoms with Crippen LogP contribution in [0.2, 0.25) is 0 Å². The van der Waals surface area contributed by atoms with E-state index in [1.165, 1.54) is 0 Å². The SMILES string of the molecule is C=CCCc1nn(C(=O)CC)c(=O)n1Cc1ccc(-c2cccc(-c3nn[nH]n3)c2)cc1. The van der Waals surface area contributed by atoms with Crippen LogP contribution in [0.15, 0.2) is 66.0 Å². The molecule has 0 fully saturated rings. The first-order valence-corrected chi connectivity index (χ1v) is 10.4. The van der Waals surface area contributed by atoms with E-state index in [2.05, 4.69) is 32.3 Å². The predicted molar refractivity (Wildman–Crippen MR) is 120 cm³/mol. The second-order valence-electron chi connectivity index (χ2n) is 7.28. The zero-order valence-corrected chi connectivity index (χ0v) is 17.7. The van der Waals surface area contributed by atoms with Gasteiger partial charge in [0.25, 0.3) is 5.91 Å². The van der Waals surface area contributed by atoms with Crippen molar-refractivity contribution in [1.82, 2.24) is 35.0 Å². The number of rotatable bonds is 8. The minimum atomic E-state index is -0.409. The molecule has 4 aromatic rings. The number of nitrogens with zero attached hydrogens (tertiary/aromatic N) is 6. The molecule has 0 spiro atoms. The highest BCUT2D eigenvalue weighted by molar-refractivity contribution is 5.77. The fourth-order valence-corrected chi connectivity index (χ4v) is 3.43. The Balaban J connectivity index is 1.60. The molecule has 0 aliphatic rings. The van der Waals surface area contributed by atoms with Crippen LogP contribution in [-0.2, 0) is 13.0 Å². The number of hydrogen-bond donors (Lipinski definition) is 1. The Labute approximate surface area is 184 Å². The largest absolute Gasteiger partial charge is 0.353 e. The van der Waals surface area contributed by atoms with E-state index in [9.17, 15) is 9.59 Å². The van der Waals surface area contributed by atoms with E-state index in [4.69, 9.17) is 0 Å². The summed E-state index contributed by atoms with van der Waals surface area (Å²) in [6.45, 7) is 5.78. The minimum Gasteiger partial charge on any atom is -0.274 e. The van der Waals surface area contributed by atoms with Crippen LogP contribution in [0.25, 0.3) is 22.5 Å². The molecular weight excluding hydrogens is 406 g/mol. The Hall–Kier alpha value is -4.14. The third-order valence-electron chi connectivity index (χ3n) is 5.14. The summed E-state index contributed by atoms with van der Waals surface area (Å²) in [5.41, 5.74) is 3.44. The van der Waals surface area contributed by atoms with Crippen LogP contribution in [0.1, 0.15) is 35.9 Å². The summed E-state index contributed by atoms with van der Waals surface area (Å²) in [7, 11) is 0. The zero-order chi connectivity index (χ0) is 22.5. The highest BCUT2D eigenvalue weighted by Crippen LogP contribution is 2.24. The first kappa shape index (κ1) is 21.1. The van der Waals surface area contributed by atoms with E-state index in [0.717, 1.165) is 26.9 Å². The maximum atomic E-state index is 12.8. The molecule has 9 nitrogen and oxygen atoms in total. The van der Waals surface area contributed by atoms with Gasteiger partial charge in [-0.3, -0.25) is 9.36 Å². The highest BCUT2D eigenvalue weighted by atomic mass is 16.2. The monoisotopic (exact) mass is 429 g/mol. The third kappa shape index (κ3) is 4.31. The number of aromatic nitrogens is 7. The van der Waals surface area contributed by atoms with Crippen molar-refractivity contribution in [2.24, 2.45) is 0 Å². The molecule has 2 aromatic carbocycles. The number of carbonyl (C=O) groups excluding carboxylic acids is 1. The summed E-state index contributed by atoms with van der Waals surface area (Å²) in [5, 5.41) is 18.4. The summed E-state index contributed by atoms with van der Waals surface area (Å²) in [6.07, 6.45) is 3.21. The molecule has 1 N–H and O–H groups in total. The molecule has 0 atom stereocenters. The Morgan fingerprint density at radius 2 is 1.91 bits per heavy atom. The van der Waals surface area contributed by atoms with Gasteiger partial charge in [-0.1, -0.05) is 55.5 Å². The molecule has 2 aromatic heterocycles. The molecule has 0 bridgehead atoms. The summed E-state index contributed by atoms with van der Waals surface area (Å²) in [6, 6.07) is 15.8. The first-order chi connectivity index (χ1) is 15.6. The number of hydrogen-bond acceptors (Lipinski definition) is 6. The molecule has 0 aliphatic carbocycles. The minimum absolute atomic E-state index is 0.218. The Morgan fingerprint density at radius 1 is 1.12 bits per heavy atom. The van der Waals surface area contributed by atoms with Gasteiger partial charge in [0.2, 0.25) is 5.82 Å². The Bertz CT molecular complexity index is 1280. The molecule has 162 valence electrons. The second kappa shape index (κ2) is 9.34. The fraction of sp³-hybridized carbons (Fsp3) is 0.217. The Morgan fingerprint density at radius 3 is 2.59 bits per heavy atom. The van der Waals surface area contributed by atoms with E-state index >= 15 is 0 Å². The van der Waals surface area contributed by atoms with Gasteiger partial charge in [0.05, 0.1) is 6.54 Å². The molecule has 0 radical (unpaired) electrons. The van der Waals surface area contributed by atoms with Crippen LogP contribution in [0.3, 0.4) is 0 Å². The molecule has 32 heavy (non-hydrogen) atoms. The number of allylic oxidation sites excluding steroid dienone is 1. The van der Waals surface area contributed by atoms with Gasteiger partial charge >= 0.3 is 5.69 Å². The molecule has 0 unspecified atom stereocenters. The molecule has 9 heteroatoms. The van der Waals surface area contributed by atoms with Gasteiger partial charge in [-0.25, -0.2) is 4.79 Å². The van der Waals surface area contributed by atoms with Crippen molar-refractivity contribution >= 4 is 5.91 Å². The van der Waals surface area contributed by atoms with Crippen molar-refractivity contribution in [3.05, 3.63) is 83.1 Å². The van der Waals surface area contributed by atoms with E-state index in [-0.39, 0.29) is 12.3 Å². The molecule has 4 rings (SSSR count). The van der Waals surface area contributed by atoms with Crippen molar-refractivity contribution < 1.29 is 4.79 Å². The number of benzene rings is 2. The lowest BCUT2D eigenvalue weighted by molar-refractivity contribution is 0.0887. The molecular formula is C23H23N7O2. The van der Waals surface area contributed by atoms with E-state index in [1.807, 2.05) is 48.5 Å². The maximum absolute atomic E-state index is 12.8. The molecule has 2 heterocycles. The van der Waals surface area contributed by atoms with Gasteiger partial charge in [0.15, 0.2) is 0 Å². The predicted octanol–water partition coefficient (Wildman–Crippen LogP) is 3.11. The molecule has 0 saturated heterocycles. The van der Waals surface area contributed by atoms with Crippen molar-refractivity contribution in [2.45, 2.75) is 32.7 Å². The Kier molecular flexibility index (Phi) is 6.16. The number of nitrogens with one attached hydrogen (secondary N) is 1. The van der Waals surface area contributed by atoms with Gasteiger partial charge in [-0.15, -0.1) is 26.6 Å². The van der Waals surface area contributed by atoms with Crippen molar-refractivity contribution in [2.75, 3.05) is 0 Å². The fourth-order valence-electron chi connectivity index (χ4n) is 3.43. The zero-order valence-electron chi connectivity index (χ0n) is 17.7. The topological polar surface area (TPSA) is 111 Å². The summed E-state index contributed by atoms with van der Waals surface area (Å²) < 4.78 is 2.53. The van der Waals surface area contributed by atoms with E-state index in [0.29, 0.717) is 31.0 Å². The molecule has 0 aliphatic heterocycles. The van der Waals surface area contributed by atoms with E-state index in [1.54, 1.807) is 17.6 Å². The summed E-state index contributed by atoms with van der Waals surface area (Å²) >= 11 is 0. The van der Waals surface area contributed by atoms with Gasteiger partial charge in [0.1, 0.15) is 5.82 Å². The van der Waals surface area contributed by atoms with Crippen molar-refractivity contribution in [1.29, 1.82) is 0 Å². The highest BCUT2D eigenvalue weighted by Gasteiger charge is 2.17. The number of H-pyrrole nitrogens is 1. The molecule has 0 saturated carbocycles. The first-order valence-electron chi connectivity index (χ1n) is 10.4.